The van der Waals surface area contributed by atoms with E-state index in [1.165, 1.54) is 7.05 Å². The highest BCUT2D eigenvalue weighted by molar-refractivity contribution is 7.91. The van der Waals surface area contributed by atoms with Crippen LogP contribution in [0.5, 0.6) is 0 Å². The van der Waals surface area contributed by atoms with Crippen molar-refractivity contribution in [2.45, 2.75) is 23.6 Å². The van der Waals surface area contributed by atoms with Gasteiger partial charge in [-0.3, -0.25) is 10.1 Å². The fourth-order valence-corrected chi connectivity index (χ4v) is 4.04. The molecule has 0 fully saturated rings. The smallest absolute Gasteiger partial charge is 0.304 e. The van der Waals surface area contributed by atoms with Crippen molar-refractivity contribution in [2.24, 2.45) is 0 Å². The summed E-state index contributed by atoms with van der Waals surface area (Å²) in [6.45, 7) is 1.58. The number of nitrogens with zero attached hydrogens (tertiary/aromatic N) is 3. The van der Waals surface area contributed by atoms with Crippen molar-refractivity contribution in [3.63, 3.8) is 0 Å². The van der Waals surface area contributed by atoms with Gasteiger partial charge in [0.2, 0.25) is 0 Å². The summed E-state index contributed by atoms with van der Waals surface area (Å²) in [4.78, 5) is 9.92. The zero-order valence-electron chi connectivity index (χ0n) is 10.2. The first-order valence-corrected chi connectivity index (χ1v) is 7.36. The van der Waals surface area contributed by atoms with Crippen molar-refractivity contribution in [3.8, 4) is 6.07 Å². The molecule has 8 nitrogen and oxygen atoms in total. The summed E-state index contributed by atoms with van der Waals surface area (Å²) in [7, 11) is -2.56. The number of anilines is 1. The molecular weight excluding hydrogens is 292 g/mol. The molecule has 0 aliphatic rings. The fourth-order valence-electron chi connectivity index (χ4n) is 1.28. The van der Waals surface area contributed by atoms with Crippen molar-refractivity contribution < 1.29 is 13.3 Å². The fraction of sp³-hybridized carbons (Fsp3) is 0.444. The van der Waals surface area contributed by atoms with Gasteiger partial charge >= 0.3 is 5.69 Å². The van der Waals surface area contributed by atoms with Crippen LogP contribution in [0.25, 0.3) is 0 Å². The van der Waals surface area contributed by atoms with E-state index < -0.39 is 26.7 Å². The molecule has 0 spiro atoms. The van der Waals surface area contributed by atoms with Crippen LogP contribution in [0.15, 0.2) is 10.3 Å². The van der Waals surface area contributed by atoms with Crippen LogP contribution in [0.2, 0.25) is 0 Å². The average molecular weight is 304 g/mol. The minimum Gasteiger partial charge on any atom is -0.385 e. The standard InChI is InChI=1S/C9H12N4O4S2/c1-6(3-4-10)12(2)19(16,17)8-5-7(13(14)15)9(11)18-8/h5-6H,3,11H2,1-2H3. The molecule has 10 heteroatoms. The summed E-state index contributed by atoms with van der Waals surface area (Å²) < 4.78 is 25.2. The SMILES string of the molecule is CC(CC#N)N(C)S(=O)(=O)c1cc([N+](=O)[O-])c(N)s1. The Hall–Kier alpha value is -1.70. The Labute approximate surface area is 114 Å². The average Bonchev–Trinajstić information content (AvgIpc) is 2.71. The summed E-state index contributed by atoms with van der Waals surface area (Å²) in [5, 5.41) is 19.1. The molecule has 0 aliphatic heterocycles. The number of sulfonamides is 1. The highest BCUT2D eigenvalue weighted by Crippen LogP contribution is 2.35. The molecule has 2 N–H and O–H groups in total. The lowest BCUT2D eigenvalue weighted by molar-refractivity contribution is -0.383. The molecule has 1 heterocycles. The van der Waals surface area contributed by atoms with E-state index in [1.807, 2.05) is 6.07 Å². The highest BCUT2D eigenvalue weighted by atomic mass is 32.2. The van der Waals surface area contributed by atoms with Crippen LogP contribution in [0, 0.1) is 21.4 Å². The third-order valence-electron chi connectivity index (χ3n) is 2.56. The molecule has 1 aromatic heterocycles. The van der Waals surface area contributed by atoms with Gasteiger partial charge in [-0.2, -0.15) is 9.57 Å². The van der Waals surface area contributed by atoms with Gasteiger partial charge in [-0.05, 0) is 6.92 Å². The van der Waals surface area contributed by atoms with Crippen LogP contribution in [-0.4, -0.2) is 30.7 Å². The summed E-state index contributed by atoms with van der Waals surface area (Å²) >= 11 is 0.637. The van der Waals surface area contributed by atoms with Gasteiger partial charge in [-0.15, -0.1) is 0 Å². The molecule has 0 amide bonds. The van der Waals surface area contributed by atoms with Gasteiger partial charge in [0.25, 0.3) is 10.0 Å². The number of hydrogen-bond donors (Lipinski definition) is 1. The monoisotopic (exact) mass is 304 g/mol. The Bertz CT molecular complexity index is 631. The maximum absolute atomic E-state index is 12.2. The lowest BCUT2D eigenvalue weighted by Crippen LogP contribution is -2.34. The number of nitrogens with two attached hydrogens (primary N) is 1. The number of thiophene rings is 1. The molecule has 0 saturated heterocycles. The van der Waals surface area contributed by atoms with Gasteiger partial charge in [0.1, 0.15) is 4.21 Å². The summed E-state index contributed by atoms with van der Waals surface area (Å²) in [6.07, 6.45) is 0.0265. The van der Waals surface area contributed by atoms with Crippen molar-refractivity contribution >= 4 is 32.0 Å². The molecule has 104 valence electrons. The molecule has 1 atom stereocenters. The lowest BCUT2D eigenvalue weighted by atomic mass is 10.3. The van der Waals surface area contributed by atoms with Gasteiger partial charge in [0.05, 0.1) is 17.4 Å². The van der Waals surface area contributed by atoms with Gasteiger partial charge in [0.15, 0.2) is 5.00 Å². The molecule has 0 saturated carbocycles. The number of nitrogen functional groups attached to an aromatic ring is 1. The molecule has 1 rings (SSSR count). The van der Waals surface area contributed by atoms with Gasteiger partial charge in [-0.1, -0.05) is 11.3 Å². The normalized spacial score (nSPS) is 13.2. The number of nitro groups is 1. The van der Waals surface area contributed by atoms with Crippen LogP contribution in [-0.2, 0) is 10.0 Å². The van der Waals surface area contributed by atoms with E-state index in [0.717, 1.165) is 10.4 Å². The largest absolute Gasteiger partial charge is 0.385 e. The summed E-state index contributed by atoms with van der Waals surface area (Å²) in [6, 6.07) is 2.28. The maximum Gasteiger partial charge on any atom is 0.304 e. The predicted molar refractivity (Wildman–Crippen MR) is 70.0 cm³/mol. The molecule has 19 heavy (non-hydrogen) atoms. The second kappa shape index (κ2) is 5.52. The number of rotatable bonds is 5. The molecule has 0 bridgehead atoms. The van der Waals surface area contributed by atoms with Crippen molar-refractivity contribution in [3.05, 3.63) is 16.2 Å². The quantitative estimate of drug-likeness (QED) is 0.641. The predicted octanol–water partition coefficient (Wildman–Crippen LogP) is 1.16. The number of nitriles is 1. The zero-order valence-corrected chi connectivity index (χ0v) is 11.9. The lowest BCUT2D eigenvalue weighted by Gasteiger charge is -2.21. The molecule has 1 unspecified atom stereocenters. The summed E-state index contributed by atoms with van der Waals surface area (Å²) in [5.41, 5.74) is 4.99. The van der Waals surface area contributed by atoms with Crippen LogP contribution < -0.4 is 5.73 Å². The van der Waals surface area contributed by atoms with Crippen LogP contribution >= 0.6 is 11.3 Å². The molecule has 0 aliphatic carbocycles. The molecular formula is C9H12N4O4S2. The Kier molecular flexibility index (Phi) is 4.46. The Balaban J connectivity index is 3.18. The second-order valence-corrected chi connectivity index (χ2v) is 7.11. The first kappa shape index (κ1) is 15.4. The van der Waals surface area contributed by atoms with Gasteiger partial charge < -0.3 is 5.73 Å². The second-order valence-electron chi connectivity index (χ2n) is 3.80. The summed E-state index contributed by atoms with van der Waals surface area (Å²) in [5.74, 6) is 0. The van der Waals surface area contributed by atoms with E-state index in [0.29, 0.717) is 11.3 Å². The Morgan fingerprint density at radius 3 is 2.68 bits per heavy atom. The van der Waals surface area contributed by atoms with Crippen LogP contribution in [0.1, 0.15) is 13.3 Å². The zero-order chi connectivity index (χ0) is 14.8. The van der Waals surface area contributed by atoms with Crippen molar-refractivity contribution in [1.82, 2.24) is 4.31 Å². The molecule has 1 aromatic rings. The van der Waals surface area contributed by atoms with E-state index in [9.17, 15) is 18.5 Å². The first-order chi connectivity index (χ1) is 8.71. The molecule has 0 radical (unpaired) electrons. The van der Waals surface area contributed by atoms with E-state index in [-0.39, 0.29) is 15.6 Å². The third-order valence-corrected chi connectivity index (χ3v) is 5.93. The van der Waals surface area contributed by atoms with Gasteiger partial charge in [0, 0.05) is 19.2 Å². The highest BCUT2D eigenvalue weighted by Gasteiger charge is 2.30. The van der Waals surface area contributed by atoms with E-state index in [1.54, 1.807) is 6.92 Å². The van der Waals surface area contributed by atoms with E-state index in [4.69, 9.17) is 11.0 Å². The minimum absolute atomic E-state index is 0.0265. The van der Waals surface area contributed by atoms with E-state index in [2.05, 4.69) is 0 Å². The topological polar surface area (TPSA) is 130 Å². The number of hydrogen-bond acceptors (Lipinski definition) is 7. The third kappa shape index (κ3) is 3.01. The van der Waals surface area contributed by atoms with Crippen molar-refractivity contribution in [2.75, 3.05) is 12.8 Å². The Morgan fingerprint density at radius 2 is 2.26 bits per heavy atom. The van der Waals surface area contributed by atoms with E-state index >= 15 is 0 Å². The van der Waals surface area contributed by atoms with Crippen LogP contribution in [0.3, 0.4) is 0 Å². The van der Waals surface area contributed by atoms with Crippen molar-refractivity contribution in [1.29, 1.82) is 5.26 Å². The Morgan fingerprint density at radius 1 is 1.68 bits per heavy atom. The van der Waals surface area contributed by atoms with Gasteiger partial charge in [-0.25, -0.2) is 8.42 Å². The first-order valence-electron chi connectivity index (χ1n) is 5.10. The van der Waals surface area contributed by atoms with Crippen LogP contribution in [0.4, 0.5) is 10.7 Å². The molecule has 0 aromatic carbocycles. The maximum atomic E-state index is 12.2. The minimum atomic E-state index is -3.88.